The minimum atomic E-state index is -1.19. The maximum atomic E-state index is 14.2. The van der Waals surface area contributed by atoms with Gasteiger partial charge in [-0.3, -0.25) is 14.4 Å². The fraction of sp³-hybridized carbons (Fsp3) is 0.333. The van der Waals surface area contributed by atoms with Gasteiger partial charge in [0.1, 0.15) is 17.7 Å². The fourth-order valence-electron chi connectivity index (χ4n) is 4.60. The van der Waals surface area contributed by atoms with Crippen molar-refractivity contribution in [2.75, 3.05) is 11.9 Å². The summed E-state index contributed by atoms with van der Waals surface area (Å²) in [6, 6.07) is 17.8. The minimum Gasteiger partial charge on any atom is -0.444 e. The van der Waals surface area contributed by atoms with E-state index in [1.165, 1.54) is 4.90 Å². The van der Waals surface area contributed by atoms with Crippen LogP contribution in [0.1, 0.15) is 64.1 Å². The van der Waals surface area contributed by atoms with Crippen molar-refractivity contribution < 1.29 is 23.9 Å². The summed E-state index contributed by atoms with van der Waals surface area (Å²) < 4.78 is 5.37. The van der Waals surface area contributed by atoms with Crippen molar-refractivity contribution in [2.45, 2.75) is 64.6 Å². The molecule has 4 N–H and O–H groups in total. The SMILES string of the molecule is C#Cc1ccccc1C(C(=O)Nc1ccc2ccccc2c1)N(CCC)C(=O)C(CCC(N)=O)NC(=O)OC(C)(C)C. The molecule has 220 valence electrons. The van der Waals surface area contributed by atoms with Crippen molar-refractivity contribution >= 4 is 40.3 Å². The van der Waals surface area contributed by atoms with Crippen LogP contribution in [0.25, 0.3) is 10.8 Å². The van der Waals surface area contributed by atoms with Crippen molar-refractivity contribution in [3.8, 4) is 12.3 Å². The van der Waals surface area contributed by atoms with E-state index in [9.17, 15) is 19.2 Å². The number of hydrogen-bond acceptors (Lipinski definition) is 5. The first-order chi connectivity index (χ1) is 19.9. The molecule has 0 aliphatic heterocycles. The summed E-state index contributed by atoms with van der Waals surface area (Å²) in [5.41, 5.74) is 5.99. The molecule has 0 saturated heterocycles. The topological polar surface area (TPSA) is 131 Å². The lowest BCUT2D eigenvalue weighted by Gasteiger charge is -2.34. The van der Waals surface area contributed by atoms with E-state index in [0.717, 1.165) is 10.8 Å². The molecule has 9 heteroatoms. The molecular formula is C33H38N4O5. The van der Waals surface area contributed by atoms with Crippen LogP contribution in [0.3, 0.4) is 0 Å². The number of nitrogens with one attached hydrogen (secondary N) is 2. The molecule has 9 nitrogen and oxygen atoms in total. The van der Waals surface area contributed by atoms with Crippen LogP contribution in [0.2, 0.25) is 0 Å². The Morgan fingerprint density at radius 3 is 2.31 bits per heavy atom. The summed E-state index contributed by atoms with van der Waals surface area (Å²) in [5.74, 6) is 0.918. The van der Waals surface area contributed by atoms with E-state index >= 15 is 0 Å². The highest BCUT2D eigenvalue weighted by atomic mass is 16.6. The Morgan fingerprint density at radius 2 is 1.67 bits per heavy atom. The van der Waals surface area contributed by atoms with Crippen LogP contribution in [-0.2, 0) is 19.1 Å². The van der Waals surface area contributed by atoms with Gasteiger partial charge in [0.15, 0.2) is 0 Å². The zero-order valence-electron chi connectivity index (χ0n) is 24.5. The van der Waals surface area contributed by atoms with Crippen molar-refractivity contribution in [3.05, 3.63) is 77.9 Å². The lowest BCUT2D eigenvalue weighted by Crippen LogP contribution is -2.53. The molecule has 0 saturated carbocycles. The molecule has 0 heterocycles. The summed E-state index contributed by atoms with van der Waals surface area (Å²) in [4.78, 5) is 54.0. The molecule has 3 rings (SSSR count). The standard InChI is InChI=1S/C33H38N4O5/c1-6-20-37(31(40)27(18-19-28(34)38)36-32(41)42-33(3,4)5)29(26-15-11-10-12-22(26)7-2)30(39)35-25-17-16-23-13-8-9-14-24(23)21-25/h2,8-17,21,27,29H,6,18-20H2,1,3-5H3,(H2,34,38)(H,35,39)(H,36,41). The number of ether oxygens (including phenoxy) is 1. The molecule has 0 aliphatic carbocycles. The first-order valence-electron chi connectivity index (χ1n) is 13.9. The summed E-state index contributed by atoms with van der Waals surface area (Å²) in [6.45, 7) is 7.11. The van der Waals surface area contributed by atoms with Gasteiger partial charge in [-0.2, -0.15) is 0 Å². The van der Waals surface area contributed by atoms with Crippen LogP contribution in [0.5, 0.6) is 0 Å². The number of rotatable bonds is 11. The second-order valence-corrected chi connectivity index (χ2v) is 10.9. The number of primary amides is 1. The van der Waals surface area contributed by atoms with Gasteiger partial charge in [-0.15, -0.1) is 6.42 Å². The van der Waals surface area contributed by atoms with E-state index in [-0.39, 0.29) is 19.4 Å². The van der Waals surface area contributed by atoms with Crippen LogP contribution in [0, 0.1) is 12.3 Å². The van der Waals surface area contributed by atoms with Crippen LogP contribution in [0.15, 0.2) is 66.7 Å². The zero-order valence-corrected chi connectivity index (χ0v) is 24.5. The number of anilines is 1. The van der Waals surface area contributed by atoms with E-state index in [1.807, 2.05) is 43.3 Å². The first kappa shape index (κ1) is 31.7. The Hall–Kier alpha value is -4.84. The minimum absolute atomic E-state index is 0.0799. The number of alkyl carbamates (subject to hydrolysis) is 1. The third-order valence-electron chi connectivity index (χ3n) is 6.40. The van der Waals surface area contributed by atoms with E-state index in [4.69, 9.17) is 16.9 Å². The third-order valence-corrected chi connectivity index (χ3v) is 6.40. The van der Waals surface area contributed by atoms with Crippen LogP contribution < -0.4 is 16.4 Å². The predicted octanol–water partition coefficient (Wildman–Crippen LogP) is 4.90. The average molecular weight is 571 g/mol. The molecule has 0 aromatic heterocycles. The summed E-state index contributed by atoms with van der Waals surface area (Å²) in [5, 5.41) is 7.48. The van der Waals surface area contributed by atoms with Gasteiger partial charge in [-0.1, -0.05) is 61.4 Å². The third kappa shape index (κ3) is 8.58. The van der Waals surface area contributed by atoms with Crippen molar-refractivity contribution in [1.82, 2.24) is 10.2 Å². The summed E-state index contributed by atoms with van der Waals surface area (Å²) in [6.07, 6.45) is 5.23. The van der Waals surface area contributed by atoms with Crippen LogP contribution in [0.4, 0.5) is 10.5 Å². The van der Waals surface area contributed by atoms with Gasteiger partial charge in [0.05, 0.1) is 0 Å². The molecule has 2 unspecified atom stereocenters. The largest absolute Gasteiger partial charge is 0.444 e. The summed E-state index contributed by atoms with van der Waals surface area (Å²) >= 11 is 0. The molecule has 0 spiro atoms. The second kappa shape index (κ2) is 14.2. The number of carbonyl (C=O) groups excluding carboxylic acids is 4. The molecule has 2 atom stereocenters. The van der Waals surface area contributed by atoms with E-state index in [2.05, 4.69) is 16.6 Å². The Bertz CT molecular complexity index is 1490. The molecular weight excluding hydrogens is 532 g/mol. The zero-order chi connectivity index (χ0) is 30.9. The number of nitrogens with two attached hydrogens (primary N) is 1. The number of nitrogens with zero attached hydrogens (tertiary/aromatic N) is 1. The number of hydrogen-bond donors (Lipinski definition) is 3. The van der Waals surface area contributed by atoms with Gasteiger partial charge in [0.2, 0.25) is 11.8 Å². The Morgan fingerprint density at radius 1 is 1.00 bits per heavy atom. The highest BCUT2D eigenvalue weighted by molar-refractivity contribution is 6.00. The molecule has 0 aliphatic rings. The molecule has 4 amide bonds. The van der Waals surface area contributed by atoms with E-state index < -0.39 is 41.5 Å². The van der Waals surface area contributed by atoms with Gasteiger partial charge < -0.3 is 26.0 Å². The fourth-order valence-corrected chi connectivity index (χ4v) is 4.60. The van der Waals surface area contributed by atoms with Gasteiger partial charge in [0, 0.05) is 24.2 Å². The Kier molecular flexibility index (Phi) is 10.7. The maximum Gasteiger partial charge on any atom is 0.408 e. The number of fused-ring (bicyclic) bond motifs is 1. The smallest absolute Gasteiger partial charge is 0.408 e. The highest BCUT2D eigenvalue weighted by Crippen LogP contribution is 2.28. The second-order valence-electron chi connectivity index (χ2n) is 10.9. The van der Waals surface area contributed by atoms with E-state index in [1.54, 1.807) is 51.1 Å². The normalized spacial score (nSPS) is 12.5. The monoisotopic (exact) mass is 570 g/mol. The molecule has 0 fully saturated rings. The van der Waals surface area contributed by atoms with Gasteiger partial charge >= 0.3 is 6.09 Å². The lowest BCUT2D eigenvalue weighted by atomic mass is 9.96. The molecule has 0 bridgehead atoms. The van der Waals surface area contributed by atoms with Gasteiger partial charge in [0.25, 0.3) is 5.91 Å². The quantitative estimate of drug-likeness (QED) is 0.282. The van der Waals surface area contributed by atoms with E-state index in [0.29, 0.717) is 23.2 Å². The van der Waals surface area contributed by atoms with Crippen molar-refractivity contribution in [2.24, 2.45) is 5.73 Å². The van der Waals surface area contributed by atoms with Crippen molar-refractivity contribution in [1.29, 1.82) is 0 Å². The maximum absolute atomic E-state index is 14.2. The lowest BCUT2D eigenvalue weighted by molar-refractivity contribution is -0.141. The Labute approximate surface area is 246 Å². The van der Waals surface area contributed by atoms with Gasteiger partial charge in [-0.05, 0) is 68.1 Å². The molecule has 0 radical (unpaired) electrons. The predicted molar refractivity (Wildman–Crippen MR) is 163 cm³/mol. The molecule has 42 heavy (non-hydrogen) atoms. The average Bonchev–Trinajstić information content (AvgIpc) is 2.93. The molecule has 3 aromatic carbocycles. The number of carbonyl (C=O) groups is 4. The van der Waals surface area contributed by atoms with Crippen LogP contribution in [-0.4, -0.2) is 46.9 Å². The van der Waals surface area contributed by atoms with Crippen LogP contribution >= 0.6 is 0 Å². The Balaban J connectivity index is 2.05. The number of benzene rings is 3. The summed E-state index contributed by atoms with van der Waals surface area (Å²) in [7, 11) is 0. The first-order valence-corrected chi connectivity index (χ1v) is 13.9. The number of amides is 4. The number of terminal acetylenes is 1. The van der Waals surface area contributed by atoms with Gasteiger partial charge in [-0.25, -0.2) is 4.79 Å². The van der Waals surface area contributed by atoms with Crippen molar-refractivity contribution in [3.63, 3.8) is 0 Å². The highest BCUT2D eigenvalue weighted by Gasteiger charge is 2.37. The molecule has 3 aromatic rings.